The molecule has 0 aromatic carbocycles. The van der Waals surface area contributed by atoms with Crippen LogP contribution in [0.1, 0.15) is 45.4 Å². The van der Waals surface area contributed by atoms with Crippen molar-refractivity contribution in [3.8, 4) is 0 Å². The van der Waals surface area contributed by atoms with E-state index in [4.69, 9.17) is 24.7 Å². The molecule has 4 aliphatic rings. The Morgan fingerprint density at radius 3 is 2.55 bits per heavy atom. The minimum absolute atomic E-state index is 0.0221. The first-order chi connectivity index (χ1) is 10.7. The summed E-state index contributed by atoms with van der Waals surface area (Å²) in [6.07, 6.45) is 7.63. The van der Waals surface area contributed by atoms with Gasteiger partial charge in [0.05, 0.1) is 44.2 Å². The lowest BCUT2D eigenvalue weighted by molar-refractivity contribution is -0.152. The maximum atomic E-state index is 6.23. The Labute approximate surface area is 133 Å². The van der Waals surface area contributed by atoms with Crippen molar-refractivity contribution >= 4 is 0 Å². The quantitative estimate of drug-likeness (QED) is 0.777. The van der Waals surface area contributed by atoms with E-state index in [0.717, 1.165) is 39.3 Å². The summed E-state index contributed by atoms with van der Waals surface area (Å²) >= 11 is 0. The zero-order chi connectivity index (χ0) is 15.4. The largest absolute Gasteiger partial charge is 0.381 e. The summed E-state index contributed by atoms with van der Waals surface area (Å²) < 4.78 is 23.2. The average Bonchev–Trinajstić information content (AvgIpc) is 2.60. The first-order valence-corrected chi connectivity index (χ1v) is 8.85. The molecule has 0 aromatic heterocycles. The van der Waals surface area contributed by atoms with E-state index in [9.17, 15) is 0 Å². The van der Waals surface area contributed by atoms with Gasteiger partial charge in [-0.2, -0.15) is 0 Å². The van der Waals surface area contributed by atoms with E-state index in [1.807, 2.05) is 0 Å². The maximum Gasteiger partial charge on any atom is 0.0720 e. The molecule has 22 heavy (non-hydrogen) atoms. The minimum Gasteiger partial charge on any atom is -0.381 e. The van der Waals surface area contributed by atoms with Crippen molar-refractivity contribution < 1.29 is 18.9 Å². The van der Waals surface area contributed by atoms with Gasteiger partial charge in [0.2, 0.25) is 0 Å². The lowest BCUT2D eigenvalue weighted by Gasteiger charge is -2.46. The summed E-state index contributed by atoms with van der Waals surface area (Å²) in [5, 5.41) is 0. The minimum atomic E-state index is -0.0694. The Bertz CT molecular complexity index is 324. The second-order valence-corrected chi connectivity index (χ2v) is 7.34. The average molecular weight is 313 g/mol. The van der Waals surface area contributed by atoms with E-state index in [-0.39, 0.29) is 17.6 Å². The monoisotopic (exact) mass is 313 g/mol. The number of fused-ring (bicyclic) bond motifs is 3. The van der Waals surface area contributed by atoms with E-state index in [1.165, 1.54) is 25.7 Å². The standard InChI is InChI=1S/C17H31NO4/c1-13(16(18)10-20-15-4-8-19-9-5-15)21-11-17-6-2-14(3-7-17)22-12-17/h13-16H,2-12,18H2,1H3. The zero-order valence-corrected chi connectivity index (χ0v) is 13.8. The Balaban J connectivity index is 1.36. The molecule has 0 spiro atoms. The summed E-state index contributed by atoms with van der Waals surface area (Å²) in [5.74, 6) is 0. The number of nitrogens with two attached hydrogens (primary N) is 1. The molecule has 2 N–H and O–H groups in total. The van der Waals surface area contributed by atoms with Crippen molar-refractivity contribution in [2.75, 3.05) is 33.0 Å². The van der Waals surface area contributed by atoms with Gasteiger partial charge in [-0.15, -0.1) is 0 Å². The van der Waals surface area contributed by atoms with E-state index >= 15 is 0 Å². The molecule has 1 aliphatic carbocycles. The summed E-state index contributed by atoms with van der Waals surface area (Å²) in [6.45, 7) is 5.86. The Kier molecular flexibility index (Phi) is 5.74. The molecule has 1 saturated carbocycles. The molecule has 3 aliphatic heterocycles. The van der Waals surface area contributed by atoms with Crippen LogP contribution in [0.25, 0.3) is 0 Å². The van der Waals surface area contributed by atoms with Gasteiger partial charge >= 0.3 is 0 Å². The SMILES string of the molecule is CC(OCC12CCC(CC1)OC2)C(N)COC1CCOCC1. The number of ether oxygens (including phenoxy) is 4. The van der Waals surface area contributed by atoms with Crippen molar-refractivity contribution in [3.05, 3.63) is 0 Å². The molecule has 128 valence electrons. The molecule has 4 rings (SSSR count). The summed E-state index contributed by atoms with van der Waals surface area (Å²) in [5.41, 5.74) is 6.47. The molecule has 0 amide bonds. The van der Waals surface area contributed by atoms with Gasteiger partial charge in [0.1, 0.15) is 0 Å². The van der Waals surface area contributed by atoms with Gasteiger partial charge in [0.15, 0.2) is 0 Å². The fourth-order valence-corrected chi connectivity index (χ4v) is 3.65. The van der Waals surface area contributed by atoms with Gasteiger partial charge in [-0.3, -0.25) is 0 Å². The van der Waals surface area contributed by atoms with Crippen LogP contribution < -0.4 is 5.73 Å². The predicted molar refractivity (Wildman–Crippen MR) is 83.8 cm³/mol. The third kappa shape index (κ3) is 4.20. The molecule has 0 aromatic rings. The molecule has 3 heterocycles. The highest BCUT2D eigenvalue weighted by Gasteiger charge is 2.42. The van der Waals surface area contributed by atoms with Crippen molar-refractivity contribution in [2.24, 2.45) is 11.1 Å². The van der Waals surface area contributed by atoms with Crippen LogP contribution in [0, 0.1) is 5.41 Å². The van der Waals surface area contributed by atoms with Gasteiger partial charge < -0.3 is 24.7 Å². The zero-order valence-electron chi connectivity index (χ0n) is 13.8. The van der Waals surface area contributed by atoms with Crippen LogP contribution in [0.3, 0.4) is 0 Å². The number of hydrogen-bond donors (Lipinski definition) is 1. The highest BCUT2D eigenvalue weighted by atomic mass is 16.5. The molecule has 2 atom stereocenters. The first-order valence-electron chi connectivity index (χ1n) is 8.85. The van der Waals surface area contributed by atoms with Crippen LogP contribution in [-0.2, 0) is 18.9 Å². The predicted octanol–water partition coefficient (Wildman–Crippen LogP) is 1.87. The number of hydrogen-bond acceptors (Lipinski definition) is 5. The molecule has 5 heteroatoms. The molecule has 2 unspecified atom stereocenters. The van der Waals surface area contributed by atoms with Crippen LogP contribution in [-0.4, -0.2) is 57.4 Å². The second kappa shape index (κ2) is 7.58. The maximum absolute atomic E-state index is 6.23. The first kappa shape index (κ1) is 16.7. The molecule has 5 nitrogen and oxygen atoms in total. The van der Waals surface area contributed by atoms with Crippen LogP contribution in [0.2, 0.25) is 0 Å². The van der Waals surface area contributed by atoms with E-state index in [0.29, 0.717) is 18.8 Å². The van der Waals surface area contributed by atoms with Crippen molar-refractivity contribution in [3.63, 3.8) is 0 Å². The fraction of sp³-hybridized carbons (Fsp3) is 1.00. The Hall–Kier alpha value is -0.200. The summed E-state index contributed by atoms with van der Waals surface area (Å²) in [7, 11) is 0. The highest BCUT2D eigenvalue weighted by molar-refractivity contribution is 4.91. The van der Waals surface area contributed by atoms with E-state index in [2.05, 4.69) is 6.92 Å². The van der Waals surface area contributed by atoms with Crippen LogP contribution in [0.5, 0.6) is 0 Å². The lowest BCUT2D eigenvalue weighted by Crippen LogP contribution is -2.47. The van der Waals surface area contributed by atoms with E-state index < -0.39 is 0 Å². The molecular weight excluding hydrogens is 282 g/mol. The van der Waals surface area contributed by atoms with Crippen molar-refractivity contribution in [2.45, 2.75) is 69.8 Å². The van der Waals surface area contributed by atoms with Gasteiger partial charge in [0, 0.05) is 18.6 Å². The van der Waals surface area contributed by atoms with Gasteiger partial charge in [-0.25, -0.2) is 0 Å². The van der Waals surface area contributed by atoms with Gasteiger partial charge in [-0.05, 0) is 45.4 Å². The molecular formula is C17H31NO4. The van der Waals surface area contributed by atoms with Crippen molar-refractivity contribution in [1.29, 1.82) is 0 Å². The molecule has 0 radical (unpaired) electrons. The molecule has 4 fully saturated rings. The summed E-state index contributed by atoms with van der Waals surface area (Å²) in [6, 6.07) is -0.0694. The third-order valence-corrected chi connectivity index (χ3v) is 5.57. The normalized spacial score (nSPS) is 35.5. The lowest BCUT2D eigenvalue weighted by atomic mass is 9.72. The smallest absolute Gasteiger partial charge is 0.0720 e. The second-order valence-electron chi connectivity index (χ2n) is 7.34. The van der Waals surface area contributed by atoms with Gasteiger partial charge in [0.25, 0.3) is 0 Å². The van der Waals surface area contributed by atoms with E-state index in [1.54, 1.807) is 0 Å². The van der Waals surface area contributed by atoms with Crippen molar-refractivity contribution in [1.82, 2.24) is 0 Å². The third-order valence-electron chi connectivity index (χ3n) is 5.57. The Morgan fingerprint density at radius 1 is 1.18 bits per heavy atom. The van der Waals surface area contributed by atoms with Gasteiger partial charge in [-0.1, -0.05) is 0 Å². The highest BCUT2D eigenvalue weighted by Crippen LogP contribution is 2.43. The van der Waals surface area contributed by atoms with Crippen LogP contribution >= 0.6 is 0 Å². The van der Waals surface area contributed by atoms with Crippen LogP contribution in [0.15, 0.2) is 0 Å². The topological polar surface area (TPSA) is 62.9 Å². The molecule has 3 saturated heterocycles. The van der Waals surface area contributed by atoms with Crippen LogP contribution in [0.4, 0.5) is 0 Å². The molecule has 2 bridgehead atoms. The Morgan fingerprint density at radius 2 is 1.91 bits per heavy atom. The number of rotatable bonds is 7. The fourth-order valence-electron chi connectivity index (χ4n) is 3.65. The summed E-state index contributed by atoms with van der Waals surface area (Å²) in [4.78, 5) is 0.